The number of nitrogens with zero attached hydrogens (tertiary/aromatic N) is 4. The maximum atomic E-state index is 12.5. The fourth-order valence-corrected chi connectivity index (χ4v) is 3.68. The summed E-state index contributed by atoms with van der Waals surface area (Å²) in [5.74, 6) is 6.18. The Balaban J connectivity index is 1.39. The Labute approximate surface area is 191 Å². The number of pyridine rings is 1. The molecule has 0 aliphatic heterocycles. The molecular weight excluding hydrogens is 418 g/mol. The Morgan fingerprint density at radius 2 is 1.94 bits per heavy atom. The molecule has 0 atom stereocenters. The van der Waals surface area contributed by atoms with Crippen LogP contribution in [-0.4, -0.2) is 31.4 Å². The van der Waals surface area contributed by atoms with Crippen molar-refractivity contribution in [1.29, 1.82) is 0 Å². The Bertz CT molecular complexity index is 1300. The van der Waals surface area contributed by atoms with Crippen molar-refractivity contribution >= 4 is 23.4 Å². The second-order valence-electron chi connectivity index (χ2n) is 7.13. The molecule has 2 aromatic carbocycles. The number of aryl methyl sites for hydroxylation is 2. The van der Waals surface area contributed by atoms with E-state index in [-0.39, 0.29) is 11.7 Å². The van der Waals surface area contributed by atoms with E-state index in [0.29, 0.717) is 16.5 Å². The number of carbonyl (C=O) groups is 1. The third-order valence-electron chi connectivity index (χ3n) is 4.76. The van der Waals surface area contributed by atoms with Crippen LogP contribution >= 0.6 is 11.8 Å². The van der Waals surface area contributed by atoms with Crippen molar-refractivity contribution in [1.82, 2.24) is 19.7 Å². The smallest absolute Gasteiger partial charge is 0.234 e. The van der Waals surface area contributed by atoms with Gasteiger partial charge in [-0.25, -0.2) is 4.98 Å². The summed E-state index contributed by atoms with van der Waals surface area (Å²) in [5, 5.41) is 11.8. The quantitative estimate of drug-likeness (QED) is 0.368. The molecule has 0 spiro atoms. The summed E-state index contributed by atoms with van der Waals surface area (Å²) in [5.41, 5.74) is 5.58. The summed E-state index contributed by atoms with van der Waals surface area (Å²) < 4.78 is 1.89. The van der Waals surface area contributed by atoms with Crippen molar-refractivity contribution in [3.8, 4) is 17.5 Å². The second kappa shape index (κ2) is 9.94. The van der Waals surface area contributed by atoms with Gasteiger partial charge >= 0.3 is 0 Å². The molecule has 0 bridgehead atoms. The number of rotatable bonds is 5. The molecule has 7 heteroatoms. The van der Waals surface area contributed by atoms with Crippen LogP contribution in [0.5, 0.6) is 0 Å². The lowest BCUT2D eigenvalue weighted by Gasteiger charge is -2.09. The summed E-state index contributed by atoms with van der Waals surface area (Å²) in [7, 11) is 0. The Kier molecular flexibility index (Phi) is 6.63. The van der Waals surface area contributed by atoms with Gasteiger partial charge in [-0.2, -0.15) is 0 Å². The molecule has 1 amide bonds. The summed E-state index contributed by atoms with van der Waals surface area (Å²) in [6.07, 6.45) is 3.37. The fraction of sp³-hybridized carbons (Fsp3) is 0.120. The average molecular weight is 440 g/mol. The number of nitrogens with one attached hydrogen (secondary N) is 1. The Morgan fingerprint density at radius 1 is 1.03 bits per heavy atom. The van der Waals surface area contributed by atoms with E-state index < -0.39 is 0 Å². The zero-order valence-electron chi connectivity index (χ0n) is 17.7. The van der Waals surface area contributed by atoms with Crippen LogP contribution in [0.15, 0.2) is 78.3 Å². The average Bonchev–Trinajstić information content (AvgIpc) is 3.28. The SMILES string of the molecule is Cc1ccc(-n2cnnc2SCC(=O)Nc2cccc(C#Cc3ccccn3)c2)cc1C. The summed E-state index contributed by atoms with van der Waals surface area (Å²) in [4.78, 5) is 16.7. The van der Waals surface area contributed by atoms with Gasteiger partial charge in [0, 0.05) is 23.1 Å². The number of hydrogen-bond acceptors (Lipinski definition) is 5. The number of amides is 1. The first-order valence-corrected chi connectivity index (χ1v) is 11.0. The molecule has 0 saturated heterocycles. The molecule has 0 fully saturated rings. The highest BCUT2D eigenvalue weighted by Crippen LogP contribution is 2.21. The highest BCUT2D eigenvalue weighted by Gasteiger charge is 2.11. The summed E-state index contributed by atoms with van der Waals surface area (Å²) in [6.45, 7) is 4.14. The largest absolute Gasteiger partial charge is 0.325 e. The van der Waals surface area contributed by atoms with Gasteiger partial charge in [0.25, 0.3) is 0 Å². The zero-order valence-corrected chi connectivity index (χ0v) is 18.6. The lowest BCUT2D eigenvalue weighted by molar-refractivity contribution is -0.113. The monoisotopic (exact) mass is 439 g/mol. The van der Waals surface area contributed by atoms with E-state index in [2.05, 4.69) is 58.3 Å². The molecule has 0 aliphatic rings. The molecule has 0 unspecified atom stereocenters. The standard InChI is InChI=1S/C25H21N5OS/c1-18-9-12-23(14-19(18)2)30-17-27-29-25(30)32-16-24(31)28-22-8-5-6-20(15-22)10-11-21-7-3-4-13-26-21/h3-9,12-15,17H,16H2,1-2H3,(H,28,31). The first kappa shape index (κ1) is 21.3. The molecule has 32 heavy (non-hydrogen) atoms. The second-order valence-corrected chi connectivity index (χ2v) is 8.08. The third-order valence-corrected chi connectivity index (χ3v) is 5.71. The third kappa shape index (κ3) is 5.42. The van der Waals surface area contributed by atoms with Crippen LogP contribution in [0.1, 0.15) is 22.4 Å². The first-order chi connectivity index (χ1) is 15.6. The van der Waals surface area contributed by atoms with Gasteiger partial charge in [0.15, 0.2) is 5.16 Å². The highest BCUT2D eigenvalue weighted by molar-refractivity contribution is 7.99. The molecule has 6 nitrogen and oxygen atoms in total. The molecule has 2 aromatic heterocycles. The van der Waals surface area contributed by atoms with Crippen LogP contribution in [0, 0.1) is 25.7 Å². The number of anilines is 1. The molecule has 4 aromatic rings. The van der Waals surface area contributed by atoms with E-state index in [1.54, 1.807) is 12.5 Å². The van der Waals surface area contributed by atoms with Crippen LogP contribution in [-0.2, 0) is 4.79 Å². The molecule has 2 heterocycles. The summed E-state index contributed by atoms with van der Waals surface area (Å²) >= 11 is 1.34. The van der Waals surface area contributed by atoms with Crippen molar-refractivity contribution < 1.29 is 4.79 Å². The van der Waals surface area contributed by atoms with Gasteiger partial charge in [0.05, 0.1) is 5.75 Å². The molecule has 0 aliphatic carbocycles. The number of aromatic nitrogens is 4. The van der Waals surface area contributed by atoms with Crippen LogP contribution in [0.4, 0.5) is 5.69 Å². The molecule has 0 radical (unpaired) electrons. The molecule has 158 valence electrons. The number of hydrogen-bond donors (Lipinski definition) is 1. The van der Waals surface area contributed by atoms with Crippen LogP contribution in [0.25, 0.3) is 5.69 Å². The lowest BCUT2D eigenvalue weighted by Crippen LogP contribution is -2.14. The minimum Gasteiger partial charge on any atom is -0.325 e. The van der Waals surface area contributed by atoms with E-state index in [1.165, 1.54) is 22.9 Å². The van der Waals surface area contributed by atoms with Crippen molar-refractivity contribution in [3.63, 3.8) is 0 Å². The molecule has 0 saturated carbocycles. The first-order valence-electron chi connectivity index (χ1n) is 10.0. The van der Waals surface area contributed by atoms with E-state index in [0.717, 1.165) is 11.3 Å². The van der Waals surface area contributed by atoms with E-state index in [1.807, 2.05) is 53.1 Å². The molecule has 4 rings (SSSR count). The Morgan fingerprint density at radius 3 is 2.75 bits per heavy atom. The van der Waals surface area contributed by atoms with Crippen molar-refractivity contribution in [2.24, 2.45) is 0 Å². The Hall–Kier alpha value is -3.89. The van der Waals surface area contributed by atoms with Gasteiger partial charge < -0.3 is 5.32 Å². The maximum absolute atomic E-state index is 12.5. The minimum atomic E-state index is -0.125. The van der Waals surface area contributed by atoms with Crippen LogP contribution in [0.2, 0.25) is 0 Å². The van der Waals surface area contributed by atoms with Gasteiger partial charge in [-0.15, -0.1) is 10.2 Å². The van der Waals surface area contributed by atoms with Gasteiger partial charge in [-0.3, -0.25) is 9.36 Å². The lowest BCUT2D eigenvalue weighted by atomic mass is 10.1. The van der Waals surface area contributed by atoms with E-state index in [9.17, 15) is 4.79 Å². The van der Waals surface area contributed by atoms with E-state index >= 15 is 0 Å². The topological polar surface area (TPSA) is 72.7 Å². The summed E-state index contributed by atoms with van der Waals surface area (Å²) in [6, 6.07) is 19.2. The van der Waals surface area contributed by atoms with Crippen LogP contribution in [0.3, 0.4) is 0 Å². The molecular formula is C25H21N5OS. The fourth-order valence-electron chi connectivity index (χ4n) is 2.95. The predicted molar refractivity (Wildman–Crippen MR) is 127 cm³/mol. The number of benzene rings is 2. The van der Waals surface area contributed by atoms with Crippen molar-refractivity contribution in [2.75, 3.05) is 11.1 Å². The predicted octanol–water partition coefficient (Wildman–Crippen LogP) is 4.41. The highest BCUT2D eigenvalue weighted by atomic mass is 32.2. The van der Waals surface area contributed by atoms with Crippen molar-refractivity contribution in [2.45, 2.75) is 19.0 Å². The number of carbonyl (C=O) groups excluding carboxylic acids is 1. The van der Waals surface area contributed by atoms with Crippen molar-refractivity contribution in [3.05, 3.63) is 95.6 Å². The normalized spacial score (nSPS) is 10.3. The van der Waals surface area contributed by atoms with Crippen LogP contribution < -0.4 is 5.32 Å². The van der Waals surface area contributed by atoms with Gasteiger partial charge in [-0.1, -0.05) is 35.9 Å². The van der Waals surface area contributed by atoms with Gasteiger partial charge in [0.1, 0.15) is 12.0 Å². The maximum Gasteiger partial charge on any atom is 0.234 e. The number of thioether (sulfide) groups is 1. The zero-order chi connectivity index (χ0) is 22.3. The van der Waals surface area contributed by atoms with Gasteiger partial charge in [-0.05, 0) is 73.4 Å². The molecule has 1 N–H and O–H groups in total. The van der Waals surface area contributed by atoms with E-state index in [4.69, 9.17) is 0 Å². The van der Waals surface area contributed by atoms with Gasteiger partial charge in [0.2, 0.25) is 5.91 Å². The minimum absolute atomic E-state index is 0.125.